The maximum absolute atomic E-state index is 6.31. The summed E-state index contributed by atoms with van der Waals surface area (Å²) < 4.78 is 0. The molecular weight excluding hydrogens is 244 g/mol. The Morgan fingerprint density at radius 1 is 1.11 bits per heavy atom. The van der Waals surface area contributed by atoms with E-state index in [4.69, 9.17) is 17.3 Å². The van der Waals surface area contributed by atoms with Crippen molar-refractivity contribution in [3.05, 3.63) is 58.6 Å². The van der Waals surface area contributed by atoms with Gasteiger partial charge in [-0.25, -0.2) is 0 Å². The quantitative estimate of drug-likeness (QED) is 0.908. The molecule has 0 bridgehead atoms. The second-order valence-corrected chi connectivity index (χ2v) is 4.70. The zero-order valence-corrected chi connectivity index (χ0v) is 11.4. The molecule has 0 saturated heterocycles. The molecule has 0 saturated carbocycles. The van der Waals surface area contributed by atoms with Crippen LogP contribution in [0.3, 0.4) is 0 Å². The number of halogens is 1. The molecule has 2 aromatic rings. The van der Waals surface area contributed by atoms with Gasteiger partial charge in [0.15, 0.2) is 0 Å². The van der Waals surface area contributed by atoms with Crippen LogP contribution in [0.4, 0.5) is 11.4 Å². The Labute approximate surface area is 113 Å². The summed E-state index contributed by atoms with van der Waals surface area (Å²) in [7, 11) is 2.02. The Morgan fingerprint density at radius 2 is 1.83 bits per heavy atom. The summed E-state index contributed by atoms with van der Waals surface area (Å²) in [6, 6.07) is 14.1. The number of hydrogen-bond acceptors (Lipinski definition) is 2. The lowest BCUT2D eigenvalue weighted by Crippen LogP contribution is -2.15. The third-order valence-electron chi connectivity index (χ3n) is 3.10. The molecule has 2 nitrogen and oxygen atoms in total. The van der Waals surface area contributed by atoms with Gasteiger partial charge < -0.3 is 10.6 Å². The molecule has 0 fully saturated rings. The van der Waals surface area contributed by atoms with Gasteiger partial charge in [0.1, 0.15) is 0 Å². The van der Waals surface area contributed by atoms with Gasteiger partial charge in [-0.1, -0.05) is 41.9 Å². The van der Waals surface area contributed by atoms with Crippen molar-refractivity contribution in [2.24, 2.45) is 5.73 Å². The summed E-state index contributed by atoms with van der Waals surface area (Å²) in [5, 5.41) is 0.726. The molecule has 18 heavy (non-hydrogen) atoms. The molecule has 0 unspecified atom stereocenters. The molecule has 0 aliphatic rings. The molecule has 3 heteroatoms. The van der Waals surface area contributed by atoms with Crippen LogP contribution in [-0.2, 0) is 6.54 Å². The predicted molar refractivity (Wildman–Crippen MR) is 78.6 cm³/mol. The van der Waals surface area contributed by atoms with Crippen molar-refractivity contribution in [2.75, 3.05) is 11.9 Å². The molecule has 2 N–H and O–H groups in total. The maximum Gasteiger partial charge on any atom is 0.0646 e. The van der Waals surface area contributed by atoms with Gasteiger partial charge in [0.05, 0.1) is 10.7 Å². The van der Waals surface area contributed by atoms with E-state index in [-0.39, 0.29) is 0 Å². The average molecular weight is 261 g/mol. The van der Waals surface area contributed by atoms with E-state index in [0.717, 1.165) is 22.0 Å². The van der Waals surface area contributed by atoms with E-state index in [9.17, 15) is 0 Å². The minimum atomic E-state index is 0.478. The average Bonchev–Trinajstić information content (AvgIpc) is 2.38. The first-order chi connectivity index (χ1) is 8.65. The van der Waals surface area contributed by atoms with E-state index in [1.54, 1.807) is 0 Å². The number of anilines is 2. The van der Waals surface area contributed by atoms with Crippen LogP contribution in [0.1, 0.15) is 11.1 Å². The van der Waals surface area contributed by atoms with Crippen LogP contribution in [0.5, 0.6) is 0 Å². The third kappa shape index (κ3) is 2.35. The zero-order chi connectivity index (χ0) is 13.1. The van der Waals surface area contributed by atoms with Crippen LogP contribution in [-0.4, -0.2) is 7.05 Å². The van der Waals surface area contributed by atoms with Gasteiger partial charge in [0.25, 0.3) is 0 Å². The summed E-state index contributed by atoms with van der Waals surface area (Å²) in [5.41, 5.74) is 10.2. The SMILES string of the molecule is Cc1ccccc1N(C)c1c(Cl)cccc1CN. The van der Waals surface area contributed by atoms with E-state index < -0.39 is 0 Å². The van der Waals surface area contributed by atoms with Crippen molar-refractivity contribution in [2.45, 2.75) is 13.5 Å². The van der Waals surface area contributed by atoms with E-state index in [0.29, 0.717) is 6.54 Å². The topological polar surface area (TPSA) is 29.3 Å². The second kappa shape index (κ2) is 5.42. The molecule has 0 aliphatic heterocycles. The van der Waals surface area contributed by atoms with E-state index in [1.165, 1.54) is 5.56 Å². The fraction of sp³-hybridized carbons (Fsp3) is 0.200. The number of rotatable bonds is 3. The summed E-state index contributed by atoms with van der Waals surface area (Å²) >= 11 is 6.31. The van der Waals surface area contributed by atoms with Gasteiger partial charge in [0.2, 0.25) is 0 Å². The third-order valence-corrected chi connectivity index (χ3v) is 3.41. The minimum absolute atomic E-state index is 0.478. The van der Waals surface area contributed by atoms with Crippen LogP contribution in [0, 0.1) is 6.92 Å². The fourth-order valence-corrected chi connectivity index (χ4v) is 2.48. The Morgan fingerprint density at radius 3 is 2.50 bits per heavy atom. The number of hydrogen-bond donors (Lipinski definition) is 1. The summed E-state index contributed by atoms with van der Waals surface area (Å²) in [4.78, 5) is 2.10. The maximum atomic E-state index is 6.31. The van der Waals surface area contributed by atoms with Gasteiger partial charge in [-0.15, -0.1) is 0 Å². The molecule has 0 aromatic heterocycles. The molecular formula is C15H17ClN2. The van der Waals surface area contributed by atoms with Crippen molar-refractivity contribution in [1.29, 1.82) is 0 Å². The highest BCUT2D eigenvalue weighted by Gasteiger charge is 2.13. The highest BCUT2D eigenvalue weighted by molar-refractivity contribution is 6.33. The molecule has 94 valence electrons. The van der Waals surface area contributed by atoms with Crippen molar-refractivity contribution in [1.82, 2.24) is 0 Å². The van der Waals surface area contributed by atoms with E-state index in [2.05, 4.69) is 24.0 Å². The Kier molecular flexibility index (Phi) is 3.90. The molecule has 2 rings (SSSR count). The van der Waals surface area contributed by atoms with Crippen molar-refractivity contribution in [3.63, 3.8) is 0 Å². The normalized spacial score (nSPS) is 10.4. The highest BCUT2D eigenvalue weighted by atomic mass is 35.5. The number of para-hydroxylation sites is 2. The summed E-state index contributed by atoms with van der Waals surface area (Å²) in [6.07, 6.45) is 0. The van der Waals surface area contributed by atoms with Crippen LogP contribution in [0.2, 0.25) is 5.02 Å². The number of nitrogens with two attached hydrogens (primary N) is 1. The molecule has 0 radical (unpaired) electrons. The predicted octanol–water partition coefficient (Wildman–Crippen LogP) is 3.88. The first-order valence-corrected chi connectivity index (χ1v) is 6.29. The van der Waals surface area contributed by atoms with Gasteiger partial charge in [-0.2, -0.15) is 0 Å². The first-order valence-electron chi connectivity index (χ1n) is 5.92. The van der Waals surface area contributed by atoms with Gasteiger partial charge in [-0.3, -0.25) is 0 Å². The highest BCUT2D eigenvalue weighted by Crippen LogP contribution is 2.34. The van der Waals surface area contributed by atoms with Crippen LogP contribution in [0.25, 0.3) is 0 Å². The number of nitrogens with zero attached hydrogens (tertiary/aromatic N) is 1. The molecule has 0 atom stereocenters. The Balaban J connectivity index is 2.52. The van der Waals surface area contributed by atoms with Crippen molar-refractivity contribution >= 4 is 23.0 Å². The fourth-order valence-electron chi connectivity index (χ4n) is 2.16. The lowest BCUT2D eigenvalue weighted by molar-refractivity contribution is 1.04. The lowest BCUT2D eigenvalue weighted by Gasteiger charge is -2.25. The van der Waals surface area contributed by atoms with Gasteiger partial charge >= 0.3 is 0 Å². The molecule has 2 aromatic carbocycles. The number of aryl methyl sites for hydroxylation is 1. The lowest BCUT2D eigenvalue weighted by atomic mass is 10.1. The molecule has 0 spiro atoms. The number of benzene rings is 2. The first kappa shape index (κ1) is 12.9. The van der Waals surface area contributed by atoms with Crippen LogP contribution >= 0.6 is 11.6 Å². The summed E-state index contributed by atoms with van der Waals surface area (Å²) in [6.45, 7) is 2.57. The van der Waals surface area contributed by atoms with Crippen LogP contribution in [0.15, 0.2) is 42.5 Å². The van der Waals surface area contributed by atoms with E-state index in [1.807, 2.05) is 37.4 Å². The van der Waals surface area contributed by atoms with Crippen LogP contribution < -0.4 is 10.6 Å². The zero-order valence-electron chi connectivity index (χ0n) is 10.7. The van der Waals surface area contributed by atoms with Gasteiger partial charge in [-0.05, 0) is 30.2 Å². The summed E-state index contributed by atoms with van der Waals surface area (Å²) in [5.74, 6) is 0. The van der Waals surface area contributed by atoms with Crippen molar-refractivity contribution < 1.29 is 0 Å². The smallest absolute Gasteiger partial charge is 0.0646 e. The van der Waals surface area contributed by atoms with E-state index >= 15 is 0 Å². The second-order valence-electron chi connectivity index (χ2n) is 4.30. The van der Waals surface area contributed by atoms with Crippen molar-refractivity contribution in [3.8, 4) is 0 Å². The standard InChI is InChI=1S/C15H17ClN2/c1-11-6-3-4-9-14(11)18(2)15-12(10-17)7-5-8-13(15)16/h3-9H,10,17H2,1-2H3. The molecule has 0 aliphatic carbocycles. The van der Waals surface area contributed by atoms with Gasteiger partial charge in [0, 0.05) is 19.3 Å². The molecule has 0 heterocycles. The largest absolute Gasteiger partial charge is 0.343 e. The Bertz CT molecular complexity index is 552. The molecule has 0 amide bonds. The Hall–Kier alpha value is -1.51. The minimum Gasteiger partial charge on any atom is -0.343 e. The monoisotopic (exact) mass is 260 g/mol.